The fourth-order valence-electron chi connectivity index (χ4n) is 2.84. The minimum Gasteiger partial charge on any atom is -0.361 e. The van der Waals surface area contributed by atoms with Gasteiger partial charge in [0.2, 0.25) is 0 Å². The van der Waals surface area contributed by atoms with E-state index < -0.39 is 0 Å². The fraction of sp³-hybridized carbons (Fsp3) is 0.278. The van der Waals surface area contributed by atoms with Crippen LogP contribution in [0.5, 0.6) is 0 Å². The maximum atomic E-state index is 12.2. The molecule has 0 unspecified atom stereocenters. The Morgan fingerprint density at radius 2 is 2.13 bits per heavy atom. The molecule has 0 radical (unpaired) electrons. The van der Waals surface area contributed by atoms with Crippen molar-refractivity contribution in [3.63, 3.8) is 0 Å². The summed E-state index contributed by atoms with van der Waals surface area (Å²) in [7, 11) is 0. The molecule has 0 saturated heterocycles. The van der Waals surface area contributed by atoms with Crippen LogP contribution in [0.3, 0.4) is 0 Å². The van der Waals surface area contributed by atoms with Gasteiger partial charge in [-0.1, -0.05) is 18.2 Å². The average molecular weight is 306 g/mol. The van der Waals surface area contributed by atoms with Crippen LogP contribution < -0.4 is 5.32 Å². The van der Waals surface area contributed by atoms with Crippen LogP contribution >= 0.6 is 0 Å². The van der Waals surface area contributed by atoms with Crippen LogP contribution in [-0.2, 0) is 6.42 Å². The number of para-hydroxylation sites is 1. The Morgan fingerprint density at radius 3 is 3.00 bits per heavy atom. The third-order valence-corrected chi connectivity index (χ3v) is 4.27. The Morgan fingerprint density at radius 1 is 1.26 bits per heavy atom. The molecule has 23 heavy (non-hydrogen) atoms. The standard InChI is InChI=1S/C18H18N4O/c23-18(17-9-16(12-5-6-12)21-11-22-17)19-8-7-13-10-20-15-4-2-1-3-14(13)15/h1-4,9-12,20H,5-8H2,(H,19,23). The van der Waals surface area contributed by atoms with E-state index in [0.717, 1.165) is 17.6 Å². The highest BCUT2D eigenvalue weighted by Gasteiger charge is 2.25. The smallest absolute Gasteiger partial charge is 0.270 e. The zero-order chi connectivity index (χ0) is 15.6. The second-order valence-corrected chi connectivity index (χ2v) is 5.97. The molecule has 116 valence electrons. The number of carbonyl (C=O) groups excluding carboxylic acids is 1. The number of carbonyl (C=O) groups is 1. The summed E-state index contributed by atoms with van der Waals surface area (Å²) < 4.78 is 0. The number of amides is 1. The van der Waals surface area contributed by atoms with Gasteiger partial charge in [0.15, 0.2) is 0 Å². The van der Waals surface area contributed by atoms with E-state index >= 15 is 0 Å². The Bertz CT molecular complexity index is 851. The zero-order valence-corrected chi connectivity index (χ0v) is 12.7. The number of H-pyrrole nitrogens is 1. The molecule has 2 heterocycles. The summed E-state index contributed by atoms with van der Waals surface area (Å²) in [5, 5.41) is 4.15. The molecular formula is C18H18N4O. The third kappa shape index (κ3) is 2.95. The van der Waals surface area contributed by atoms with E-state index in [4.69, 9.17) is 0 Å². The summed E-state index contributed by atoms with van der Waals surface area (Å²) in [5.41, 5.74) is 3.78. The molecule has 1 aliphatic rings. The molecule has 4 rings (SSSR count). The first-order chi connectivity index (χ1) is 11.3. The maximum Gasteiger partial charge on any atom is 0.270 e. The molecule has 2 aromatic heterocycles. The fourth-order valence-corrected chi connectivity index (χ4v) is 2.84. The van der Waals surface area contributed by atoms with Crippen molar-refractivity contribution in [3.8, 4) is 0 Å². The topological polar surface area (TPSA) is 70.7 Å². The van der Waals surface area contributed by atoms with Crippen molar-refractivity contribution in [3.05, 3.63) is 59.8 Å². The summed E-state index contributed by atoms with van der Waals surface area (Å²) >= 11 is 0. The van der Waals surface area contributed by atoms with Crippen molar-refractivity contribution in [2.75, 3.05) is 6.54 Å². The van der Waals surface area contributed by atoms with Gasteiger partial charge in [-0.25, -0.2) is 9.97 Å². The molecule has 0 spiro atoms. The summed E-state index contributed by atoms with van der Waals surface area (Å²) in [4.78, 5) is 23.8. The van der Waals surface area contributed by atoms with Crippen molar-refractivity contribution >= 4 is 16.8 Å². The largest absolute Gasteiger partial charge is 0.361 e. The molecule has 5 nitrogen and oxygen atoms in total. The second kappa shape index (κ2) is 5.83. The summed E-state index contributed by atoms with van der Waals surface area (Å²) in [6, 6.07) is 10.0. The van der Waals surface area contributed by atoms with Gasteiger partial charge in [0, 0.05) is 35.3 Å². The Balaban J connectivity index is 1.39. The summed E-state index contributed by atoms with van der Waals surface area (Å²) in [5.74, 6) is 0.393. The molecule has 1 fully saturated rings. The number of nitrogens with one attached hydrogen (secondary N) is 2. The first-order valence-corrected chi connectivity index (χ1v) is 7.96. The number of nitrogens with zero attached hydrogens (tertiary/aromatic N) is 2. The van der Waals surface area contributed by atoms with E-state index in [0.29, 0.717) is 18.2 Å². The van der Waals surface area contributed by atoms with Crippen LogP contribution in [0, 0.1) is 0 Å². The monoisotopic (exact) mass is 306 g/mol. The highest BCUT2D eigenvalue weighted by atomic mass is 16.1. The van der Waals surface area contributed by atoms with E-state index in [2.05, 4.69) is 32.4 Å². The summed E-state index contributed by atoms with van der Waals surface area (Å²) in [6.45, 7) is 0.587. The van der Waals surface area contributed by atoms with Crippen LogP contribution in [-0.4, -0.2) is 27.4 Å². The van der Waals surface area contributed by atoms with Gasteiger partial charge in [0.25, 0.3) is 5.91 Å². The van der Waals surface area contributed by atoms with Crippen molar-refractivity contribution in [1.29, 1.82) is 0 Å². The first kappa shape index (κ1) is 13.9. The van der Waals surface area contributed by atoms with E-state index in [1.54, 1.807) is 0 Å². The van der Waals surface area contributed by atoms with Gasteiger partial charge in [-0.3, -0.25) is 4.79 Å². The number of hydrogen-bond acceptors (Lipinski definition) is 3. The quantitative estimate of drug-likeness (QED) is 0.761. The molecule has 0 aliphatic heterocycles. The van der Waals surface area contributed by atoms with Gasteiger partial charge in [-0.2, -0.15) is 0 Å². The normalized spacial score (nSPS) is 14.1. The van der Waals surface area contributed by atoms with E-state index in [9.17, 15) is 4.79 Å². The minimum absolute atomic E-state index is 0.130. The van der Waals surface area contributed by atoms with Crippen molar-refractivity contribution in [2.24, 2.45) is 0 Å². The van der Waals surface area contributed by atoms with Gasteiger partial charge < -0.3 is 10.3 Å². The maximum absolute atomic E-state index is 12.2. The predicted octanol–water partition coefficient (Wildman–Crippen LogP) is 2.81. The number of benzene rings is 1. The number of aromatic nitrogens is 3. The number of rotatable bonds is 5. The lowest BCUT2D eigenvalue weighted by atomic mass is 10.1. The van der Waals surface area contributed by atoms with Crippen molar-refractivity contribution in [1.82, 2.24) is 20.3 Å². The molecule has 1 amide bonds. The molecule has 5 heteroatoms. The highest BCUT2D eigenvalue weighted by Crippen LogP contribution is 2.38. The molecule has 0 atom stereocenters. The van der Waals surface area contributed by atoms with Gasteiger partial charge in [-0.15, -0.1) is 0 Å². The van der Waals surface area contributed by atoms with Gasteiger partial charge in [-0.05, 0) is 37.0 Å². The Hall–Kier alpha value is -2.69. The van der Waals surface area contributed by atoms with E-state index in [-0.39, 0.29) is 5.91 Å². The van der Waals surface area contributed by atoms with Gasteiger partial charge in [0.1, 0.15) is 12.0 Å². The van der Waals surface area contributed by atoms with Crippen LogP contribution in [0.4, 0.5) is 0 Å². The molecule has 2 N–H and O–H groups in total. The second-order valence-electron chi connectivity index (χ2n) is 5.97. The highest BCUT2D eigenvalue weighted by molar-refractivity contribution is 5.92. The Kier molecular flexibility index (Phi) is 3.54. The van der Waals surface area contributed by atoms with Crippen LogP contribution in [0.1, 0.15) is 40.5 Å². The van der Waals surface area contributed by atoms with E-state index in [1.165, 1.54) is 30.1 Å². The molecular weight excluding hydrogens is 288 g/mol. The number of aromatic amines is 1. The molecule has 1 aliphatic carbocycles. The molecule has 0 bridgehead atoms. The average Bonchev–Trinajstić information content (AvgIpc) is 3.37. The lowest BCUT2D eigenvalue weighted by Crippen LogP contribution is -2.26. The SMILES string of the molecule is O=C(NCCc1c[nH]c2ccccc12)c1cc(C2CC2)ncn1. The van der Waals surface area contributed by atoms with Crippen molar-refractivity contribution in [2.45, 2.75) is 25.2 Å². The van der Waals surface area contributed by atoms with E-state index in [1.807, 2.05) is 24.4 Å². The summed E-state index contributed by atoms with van der Waals surface area (Å²) in [6.07, 6.45) is 6.61. The Labute approximate surface area is 134 Å². The van der Waals surface area contributed by atoms with Crippen LogP contribution in [0.15, 0.2) is 42.9 Å². The third-order valence-electron chi connectivity index (χ3n) is 4.27. The lowest BCUT2D eigenvalue weighted by Gasteiger charge is -2.05. The number of hydrogen-bond donors (Lipinski definition) is 2. The van der Waals surface area contributed by atoms with Gasteiger partial charge >= 0.3 is 0 Å². The van der Waals surface area contributed by atoms with Crippen molar-refractivity contribution < 1.29 is 4.79 Å². The lowest BCUT2D eigenvalue weighted by molar-refractivity contribution is 0.0949. The molecule has 3 aromatic rings. The van der Waals surface area contributed by atoms with Gasteiger partial charge in [0.05, 0.1) is 0 Å². The molecule has 1 aromatic carbocycles. The first-order valence-electron chi connectivity index (χ1n) is 7.96. The zero-order valence-electron chi connectivity index (χ0n) is 12.7. The van der Waals surface area contributed by atoms with Crippen LogP contribution in [0.25, 0.3) is 10.9 Å². The predicted molar refractivity (Wildman–Crippen MR) is 88.3 cm³/mol. The number of fused-ring (bicyclic) bond motifs is 1. The minimum atomic E-state index is -0.130. The van der Waals surface area contributed by atoms with Crippen LogP contribution in [0.2, 0.25) is 0 Å². The molecule has 1 saturated carbocycles.